The molecule has 0 aliphatic heterocycles. The van der Waals surface area contributed by atoms with E-state index in [1.165, 1.54) is 16.7 Å². The Labute approximate surface area is 189 Å². The van der Waals surface area contributed by atoms with Crippen molar-refractivity contribution in [1.82, 2.24) is 21.3 Å². The highest BCUT2D eigenvalue weighted by atomic mass is 16.1. The second-order valence-electron chi connectivity index (χ2n) is 9.83. The fraction of sp³-hybridized carbons (Fsp3) is 0.500. The molecule has 0 heterocycles. The zero-order valence-electron chi connectivity index (χ0n) is 20.6. The molecule has 0 spiro atoms. The molecule has 0 unspecified atom stereocenters. The molecule has 0 aromatic heterocycles. The minimum atomic E-state index is -0.0460. The van der Waals surface area contributed by atoms with Crippen molar-refractivity contribution < 1.29 is 4.79 Å². The monoisotopic (exact) mass is 426 g/mol. The summed E-state index contributed by atoms with van der Waals surface area (Å²) in [6.45, 7) is 15.6. The Hall–Kier alpha value is -2.21. The molecular formula is C26H42N4O. The number of benzene rings is 2. The van der Waals surface area contributed by atoms with Crippen molar-refractivity contribution in [1.29, 1.82) is 0 Å². The van der Waals surface area contributed by atoms with Crippen molar-refractivity contribution in [3.63, 3.8) is 0 Å². The Morgan fingerprint density at radius 3 is 1.32 bits per heavy atom. The van der Waals surface area contributed by atoms with Crippen molar-refractivity contribution in [2.45, 2.75) is 72.3 Å². The summed E-state index contributed by atoms with van der Waals surface area (Å²) in [5.41, 5.74) is 4.84. The van der Waals surface area contributed by atoms with E-state index < -0.39 is 0 Å². The molecule has 5 nitrogen and oxygen atoms in total. The van der Waals surface area contributed by atoms with E-state index in [9.17, 15) is 4.79 Å². The second kappa shape index (κ2) is 12.6. The lowest BCUT2D eigenvalue weighted by atomic mass is 10.1. The fourth-order valence-corrected chi connectivity index (χ4v) is 2.63. The van der Waals surface area contributed by atoms with E-state index in [0.717, 1.165) is 19.6 Å². The van der Waals surface area contributed by atoms with Crippen molar-refractivity contribution in [3.05, 3.63) is 70.8 Å². The van der Waals surface area contributed by atoms with Crippen molar-refractivity contribution in [3.8, 4) is 0 Å². The summed E-state index contributed by atoms with van der Waals surface area (Å²) < 4.78 is 0. The van der Waals surface area contributed by atoms with Crippen LogP contribution in [-0.2, 0) is 19.6 Å². The molecular weight excluding hydrogens is 384 g/mol. The quantitative estimate of drug-likeness (QED) is 0.535. The molecule has 31 heavy (non-hydrogen) atoms. The average molecular weight is 427 g/mol. The van der Waals surface area contributed by atoms with E-state index in [1.807, 2.05) is 31.3 Å². The molecule has 172 valence electrons. The van der Waals surface area contributed by atoms with Crippen LogP contribution >= 0.6 is 0 Å². The van der Waals surface area contributed by atoms with Crippen LogP contribution in [0.3, 0.4) is 0 Å². The summed E-state index contributed by atoms with van der Waals surface area (Å²) in [5.74, 6) is -0.0460. The molecule has 0 saturated carbocycles. The van der Waals surface area contributed by atoms with E-state index in [2.05, 4.69) is 87.1 Å². The predicted molar refractivity (Wildman–Crippen MR) is 132 cm³/mol. The Morgan fingerprint density at radius 2 is 1.00 bits per heavy atom. The molecule has 4 N–H and O–H groups in total. The zero-order chi connectivity index (χ0) is 23.5. The summed E-state index contributed by atoms with van der Waals surface area (Å²) in [5, 5.41) is 12.6. The van der Waals surface area contributed by atoms with Gasteiger partial charge in [0.05, 0.1) is 0 Å². The highest BCUT2D eigenvalue weighted by Gasteiger charge is 2.09. The topological polar surface area (TPSA) is 65.2 Å². The van der Waals surface area contributed by atoms with Crippen LogP contribution in [0.1, 0.15) is 68.6 Å². The summed E-state index contributed by atoms with van der Waals surface area (Å²) in [6.07, 6.45) is 0. The van der Waals surface area contributed by atoms with Crippen LogP contribution in [0, 0.1) is 0 Å². The molecule has 2 aromatic carbocycles. The first-order valence-corrected chi connectivity index (χ1v) is 11.0. The van der Waals surface area contributed by atoms with Gasteiger partial charge >= 0.3 is 0 Å². The van der Waals surface area contributed by atoms with Crippen LogP contribution in [0.25, 0.3) is 0 Å². The van der Waals surface area contributed by atoms with Gasteiger partial charge in [-0.1, -0.05) is 36.4 Å². The van der Waals surface area contributed by atoms with Gasteiger partial charge in [-0.2, -0.15) is 0 Å². The van der Waals surface area contributed by atoms with Crippen LogP contribution in [-0.4, -0.2) is 31.1 Å². The molecule has 0 atom stereocenters. The van der Waals surface area contributed by atoms with Gasteiger partial charge in [-0.15, -0.1) is 0 Å². The Morgan fingerprint density at radius 1 is 0.645 bits per heavy atom. The predicted octanol–water partition coefficient (Wildman–Crippen LogP) is 4.23. The fourth-order valence-electron chi connectivity index (χ4n) is 2.63. The first-order valence-electron chi connectivity index (χ1n) is 11.0. The number of carbonyl (C=O) groups is 1. The molecule has 0 fully saturated rings. The van der Waals surface area contributed by atoms with Gasteiger partial charge in [-0.3, -0.25) is 4.79 Å². The normalized spacial score (nSPS) is 11.5. The van der Waals surface area contributed by atoms with E-state index in [4.69, 9.17) is 0 Å². The molecule has 1 amide bonds. The molecule has 0 radical (unpaired) electrons. The lowest BCUT2D eigenvalue weighted by molar-refractivity contribution is 0.0963. The van der Waals surface area contributed by atoms with Gasteiger partial charge in [0, 0.05) is 43.3 Å². The van der Waals surface area contributed by atoms with Crippen LogP contribution in [0.4, 0.5) is 0 Å². The van der Waals surface area contributed by atoms with Crippen molar-refractivity contribution in [2.75, 3.05) is 14.1 Å². The number of rotatable bonds is 7. The van der Waals surface area contributed by atoms with Gasteiger partial charge in [-0.05, 0) is 77.4 Å². The molecule has 0 bridgehead atoms. The lowest BCUT2D eigenvalue weighted by Crippen LogP contribution is -2.35. The maximum Gasteiger partial charge on any atom is 0.251 e. The maximum atomic E-state index is 11.3. The third-order valence-electron chi connectivity index (χ3n) is 4.49. The third kappa shape index (κ3) is 12.3. The molecule has 0 saturated heterocycles. The summed E-state index contributed by atoms with van der Waals surface area (Å²) >= 11 is 0. The molecule has 2 aromatic rings. The molecule has 2 rings (SSSR count). The SMILES string of the molecule is CNC(=O)c1ccc(CNC(C)(C)C)cc1.CNCc1ccc(CNC(C)(C)C)cc1. The lowest BCUT2D eigenvalue weighted by Gasteiger charge is -2.20. The van der Waals surface area contributed by atoms with Crippen LogP contribution in [0.15, 0.2) is 48.5 Å². The Kier molecular flexibility index (Phi) is 10.9. The van der Waals surface area contributed by atoms with Crippen LogP contribution in [0.2, 0.25) is 0 Å². The van der Waals surface area contributed by atoms with Crippen LogP contribution in [0.5, 0.6) is 0 Å². The van der Waals surface area contributed by atoms with Gasteiger partial charge in [0.2, 0.25) is 0 Å². The number of carbonyl (C=O) groups excluding carboxylic acids is 1. The highest BCUT2D eigenvalue weighted by Crippen LogP contribution is 2.08. The summed E-state index contributed by atoms with van der Waals surface area (Å²) in [7, 11) is 3.60. The Balaban J connectivity index is 0.000000311. The highest BCUT2D eigenvalue weighted by molar-refractivity contribution is 5.93. The van der Waals surface area contributed by atoms with Gasteiger partial charge in [0.15, 0.2) is 0 Å². The molecule has 0 aliphatic carbocycles. The largest absolute Gasteiger partial charge is 0.355 e. The van der Waals surface area contributed by atoms with E-state index in [1.54, 1.807) is 7.05 Å². The number of amides is 1. The van der Waals surface area contributed by atoms with Gasteiger partial charge < -0.3 is 21.3 Å². The zero-order valence-corrected chi connectivity index (χ0v) is 20.6. The average Bonchev–Trinajstić information content (AvgIpc) is 2.71. The summed E-state index contributed by atoms with van der Waals surface area (Å²) in [6, 6.07) is 16.4. The van der Waals surface area contributed by atoms with E-state index >= 15 is 0 Å². The third-order valence-corrected chi connectivity index (χ3v) is 4.49. The number of nitrogens with one attached hydrogen (secondary N) is 4. The maximum absolute atomic E-state index is 11.3. The Bertz CT molecular complexity index is 769. The second-order valence-corrected chi connectivity index (χ2v) is 9.83. The van der Waals surface area contributed by atoms with Gasteiger partial charge in [0.25, 0.3) is 5.91 Å². The first-order chi connectivity index (χ1) is 14.4. The minimum Gasteiger partial charge on any atom is -0.355 e. The summed E-state index contributed by atoms with van der Waals surface area (Å²) in [4.78, 5) is 11.3. The standard InChI is InChI=1S/C13H20N2O.C13H22N2/c1-13(2,3)15-9-10-5-7-11(8-6-10)12(16)14-4;1-13(2,3)15-10-12-7-5-11(6-8-12)9-14-4/h5-8,15H,9H2,1-4H3,(H,14,16);5-8,14-15H,9-10H2,1-4H3. The minimum absolute atomic E-state index is 0.0460. The first kappa shape index (κ1) is 26.8. The van der Waals surface area contributed by atoms with E-state index in [0.29, 0.717) is 5.56 Å². The molecule has 5 heteroatoms. The van der Waals surface area contributed by atoms with Crippen LogP contribution < -0.4 is 21.3 Å². The van der Waals surface area contributed by atoms with Gasteiger partial charge in [-0.25, -0.2) is 0 Å². The smallest absolute Gasteiger partial charge is 0.251 e. The van der Waals surface area contributed by atoms with Crippen molar-refractivity contribution >= 4 is 5.91 Å². The van der Waals surface area contributed by atoms with Crippen molar-refractivity contribution in [2.24, 2.45) is 0 Å². The van der Waals surface area contributed by atoms with E-state index in [-0.39, 0.29) is 17.0 Å². The molecule has 0 aliphatic rings. The van der Waals surface area contributed by atoms with Gasteiger partial charge in [0.1, 0.15) is 0 Å². The number of hydrogen-bond donors (Lipinski definition) is 4. The number of hydrogen-bond acceptors (Lipinski definition) is 4.